The molecule has 1 aliphatic carbocycles. The Bertz CT molecular complexity index is 1570. The summed E-state index contributed by atoms with van der Waals surface area (Å²) in [6, 6.07) is 11.0. The van der Waals surface area contributed by atoms with E-state index in [0.717, 1.165) is 66.5 Å². The Morgan fingerprint density at radius 1 is 1.16 bits per heavy atom. The molecule has 274 valence electrons. The maximum absolute atomic E-state index is 14.0. The Morgan fingerprint density at radius 2 is 1.86 bits per heavy atom. The number of thiol groups is 1. The van der Waals surface area contributed by atoms with Gasteiger partial charge in [0.25, 0.3) is 5.92 Å². The van der Waals surface area contributed by atoms with Crippen LogP contribution in [-0.2, 0) is 6.42 Å². The van der Waals surface area contributed by atoms with Crippen LogP contribution >= 0.6 is 12.8 Å². The van der Waals surface area contributed by atoms with Crippen LogP contribution in [0.3, 0.4) is 0 Å². The number of nitrogens with zero attached hydrogens (tertiary/aromatic N) is 2. The highest BCUT2D eigenvalue weighted by atomic mass is 32.1. The molecule has 2 aromatic rings. The molecule has 0 heterocycles. The van der Waals surface area contributed by atoms with Gasteiger partial charge in [-0.1, -0.05) is 96.7 Å². The highest BCUT2D eigenvalue weighted by Gasteiger charge is 2.65. The van der Waals surface area contributed by atoms with Crippen LogP contribution < -0.4 is 4.72 Å². The number of aliphatic imine (C=N–C) groups is 2. The summed E-state index contributed by atoms with van der Waals surface area (Å²) in [5.41, 5.74) is 3.31. The van der Waals surface area contributed by atoms with Crippen molar-refractivity contribution in [3.8, 4) is 0 Å². The first-order valence-electron chi connectivity index (χ1n) is 17.5. The number of carbonyl (C=O) groups is 1. The molecule has 0 bridgehead atoms. The van der Waals surface area contributed by atoms with Gasteiger partial charge in [0.15, 0.2) is 0 Å². The van der Waals surface area contributed by atoms with E-state index in [2.05, 4.69) is 56.0 Å². The number of carbonyl (C=O) groups excluding carboxylic acids is 1. The molecule has 5 nitrogen and oxygen atoms in total. The van der Waals surface area contributed by atoms with Crippen molar-refractivity contribution in [2.45, 2.75) is 129 Å². The van der Waals surface area contributed by atoms with Crippen LogP contribution in [0.4, 0.5) is 23.2 Å². The molecule has 0 spiro atoms. The third-order valence-electron chi connectivity index (χ3n) is 9.85. The topological polar surface area (TPSA) is 74.0 Å². The highest BCUT2D eigenvalue weighted by molar-refractivity contribution is 7.78. The molecule has 2 N–H and O–H groups in total. The molecule has 1 saturated carbocycles. The highest BCUT2D eigenvalue weighted by Crippen LogP contribution is 2.53. The standard InChI is InChI=1S/C40H53F4N3O2S/c1-8-10-11-14-32(22-45-29(6)39(47-50)24-40(49,25-39)38(7,43)44)30-17-18-35(27(4)20-30)46-34(13-9-2)26(3)19-28(5)37-31(21-36(41)42)15-12-16-33(37)23-48/h12,14-18,20,22-23,26,28,36,47,49-50H,6,8-11,13,19,21,24-25H2,1-5,7H3/b32-14+,45-22-,46-34+. The van der Waals surface area contributed by atoms with Crippen molar-refractivity contribution in [3.63, 3.8) is 0 Å². The van der Waals surface area contributed by atoms with Gasteiger partial charge in [-0.3, -0.25) is 19.5 Å². The van der Waals surface area contributed by atoms with Crippen molar-refractivity contribution < 1.29 is 27.5 Å². The molecule has 2 aromatic carbocycles. The average Bonchev–Trinajstić information content (AvgIpc) is 3.04. The molecule has 1 aliphatic rings. The first-order valence-corrected chi connectivity index (χ1v) is 18.0. The zero-order valence-electron chi connectivity index (χ0n) is 30.2. The van der Waals surface area contributed by atoms with Gasteiger partial charge in [0.1, 0.15) is 11.9 Å². The minimum Gasteiger partial charge on any atom is -0.383 e. The third kappa shape index (κ3) is 10.0. The summed E-state index contributed by atoms with van der Waals surface area (Å²) >= 11 is 4.16. The SMILES string of the molecule is C=C(/N=C\C(=C/CCCC)c1ccc(/N=C(\CCC)C(C)CC(C)c2c(C=O)cccc2CC(F)F)c(C)c1)C1(NS)CC(O)(C(C)(F)F)C1. The van der Waals surface area contributed by atoms with E-state index in [-0.39, 0.29) is 31.1 Å². The predicted octanol–water partition coefficient (Wildman–Crippen LogP) is 10.8. The molecule has 50 heavy (non-hydrogen) atoms. The number of allylic oxidation sites excluding steroid dienone is 2. The van der Waals surface area contributed by atoms with Crippen LogP contribution in [-0.4, -0.2) is 46.8 Å². The Labute approximate surface area is 301 Å². The second kappa shape index (κ2) is 17.9. The molecular formula is C40H53F4N3O2S. The number of hydrogen-bond acceptors (Lipinski definition) is 6. The lowest BCUT2D eigenvalue weighted by atomic mass is 9.61. The van der Waals surface area contributed by atoms with Crippen LogP contribution in [0.15, 0.2) is 64.7 Å². The van der Waals surface area contributed by atoms with Crippen molar-refractivity contribution in [1.82, 2.24) is 4.72 Å². The smallest absolute Gasteiger partial charge is 0.273 e. The van der Waals surface area contributed by atoms with E-state index >= 15 is 0 Å². The summed E-state index contributed by atoms with van der Waals surface area (Å²) in [5, 5.41) is 10.4. The van der Waals surface area contributed by atoms with E-state index in [1.54, 1.807) is 24.4 Å². The third-order valence-corrected chi connectivity index (χ3v) is 10.3. The zero-order chi connectivity index (χ0) is 37.3. The fraction of sp³-hybridized carbons (Fsp3) is 0.525. The average molecular weight is 716 g/mol. The number of unbranched alkanes of at least 4 members (excludes halogenated alkanes) is 2. The van der Waals surface area contributed by atoms with Gasteiger partial charge in [0.2, 0.25) is 6.43 Å². The molecule has 2 unspecified atom stereocenters. The Balaban J connectivity index is 1.88. The number of aryl methyl sites for hydroxylation is 1. The summed E-state index contributed by atoms with van der Waals surface area (Å²) in [6.45, 7) is 15.0. The van der Waals surface area contributed by atoms with Crippen molar-refractivity contribution in [3.05, 3.63) is 82.6 Å². The van der Waals surface area contributed by atoms with E-state index in [1.165, 1.54) is 0 Å². The fourth-order valence-corrected chi connectivity index (χ4v) is 7.12. The van der Waals surface area contributed by atoms with Gasteiger partial charge >= 0.3 is 0 Å². The molecule has 10 heteroatoms. The van der Waals surface area contributed by atoms with E-state index in [9.17, 15) is 27.5 Å². The van der Waals surface area contributed by atoms with E-state index in [1.807, 2.05) is 32.0 Å². The second-order valence-electron chi connectivity index (χ2n) is 14.0. The predicted molar refractivity (Wildman–Crippen MR) is 202 cm³/mol. The van der Waals surface area contributed by atoms with E-state index in [4.69, 9.17) is 4.99 Å². The normalized spacial score (nSPS) is 21.4. The van der Waals surface area contributed by atoms with E-state index < -0.39 is 23.5 Å². The minimum atomic E-state index is -3.27. The van der Waals surface area contributed by atoms with Crippen LogP contribution in [0.1, 0.15) is 125 Å². The Morgan fingerprint density at radius 3 is 2.42 bits per heavy atom. The van der Waals surface area contributed by atoms with Gasteiger partial charge in [-0.2, -0.15) is 0 Å². The molecular weight excluding hydrogens is 663 g/mol. The number of halogens is 4. The van der Waals surface area contributed by atoms with Gasteiger partial charge in [0, 0.05) is 43.7 Å². The Kier molecular flexibility index (Phi) is 14.8. The summed E-state index contributed by atoms with van der Waals surface area (Å²) in [4.78, 5) is 21.5. The van der Waals surface area contributed by atoms with Crippen molar-refractivity contribution in [2.24, 2.45) is 15.9 Å². The van der Waals surface area contributed by atoms with Crippen LogP contribution in [0.5, 0.6) is 0 Å². The largest absolute Gasteiger partial charge is 0.383 e. The molecule has 0 saturated heterocycles. The van der Waals surface area contributed by atoms with Gasteiger partial charge in [-0.25, -0.2) is 17.6 Å². The van der Waals surface area contributed by atoms with Gasteiger partial charge in [-0.15, -0.1) is 0 Å². The quantitative estimate of drug-likeness (QED) is 0.0446. The lowest BCUT2D eigenvalue weighted by Gasteiger charge is -2.54. The van der Waals surface area contributed by atoms with Crippen LogP contribution in [0, 0.1) is 12.8 Å². The van der Waals surface area contributed by atoms with E-state index in [0.29, 0.717) is 35.7 Å². The monoisotopic (exact) mass is 715 g/mol. The number of alkyl halides is 4. The number of hydrogen-bond donors (Lipinski definition) is 3. The van der Waals surface area contributed by atoms with Crippen LogP contribution in [0.2, 0.25) is 0 Å². The van der Waals surface area contributed by atoms with Gasteiger partial charge in [0.05, 0.1) is 16.9 Å². The maximum Gasteiger partial charge on any atom is 0.273 e. The number of nitrogens with one attached hydrogen (secondary N) is 1. The molecule has 1 fully saturated rings. The lowest BCUT2D eigenvalue weighted by Crippen LogP contribution is -2.68. The maximum atomic E-state index is 14.0. The zero-order valence-corrected chi connectivity index (χ0v) is 31.1. The van der Waals surface area contributed by atoms with Crippen LogP contribution in [0.25, 0.3) is 5.57 Å². The van der Waals surface area contributed by atoms with Crippen molar-refractivity contribution in [1.29, 1.82) is 0 Å². The van der Waals surface area contributed by atoms with Gasteiger partial charge < -0.3 is 5.11 Å². The minimum absolute atomic E-state index is 0.0374. The molecule has 2 atom stereocenters. The Hall–Kier alpha value is -3.08. The molecule has 0 aromatic heterocycles. The summed E-state index contributed by atoms with van der Waals surface area (Å²) in [6.07, 6.45) is 6.25. The first-order chi connectivity index (χ1) is 23.5. The summed E-state index contributed by atoms with van der Waals surface area (Å²) in [7, 11) is 0. The lowest BCUT2D eigenvalue weighted by molar-refractivity contribution is -0.227. The number of aliphatic hydroxyl groups is 1. The summed E-state index contributed by atoms with van der Waals surface area (Å²) < 4.78 is 57.6. The van der Waals surface area contributed by atoms with Crippen molar-refractivity contribution >= 4 is 42.3 Å². The fourth-order valence-electron chi connectivity index (χ4n) is 6.83. The van der Waals surface area contributed by atoms with Gasteiger partial charge in [-0.05, 0) is 78.0 Å². The number of aldehydes is 1. The van der Waals surface area contributed by atoms with Crippen molar-refractivity contribution in [2.75, 3.05) is 0 Å². The number of benzene rings is 2. The number of rotatable bonds is 19. The molecule has 0 aliphatic heterocycles. The molecule has 3 rings (SSSR count). The first kappa shape index (κ1) is 41.3. The molecule has 0 radical (unpaired) electrons. The molecule has 0 amide bonds. The second-order valence-corrected chi connectivity index (χ2v) is 14.2. The summed E-state index contributed by atoms with van der Waals surface area (Å²) in [5.74, 6) is -3.36.